The van der Waals surface area contributed by atoms with Crippen LogP contribution in [0.25, 0.3) is 5.76 Å². The van der Waals surface area contributed by atoms with E-state index < -0.39 is 17.7 Å². The zero-order valence-electron chi connectivity index (χ0n) is 22.0. The summed E-state index contributed by atoms with van der Waals surface area (Å²) >= 11 is 0. The number of rotatable bonds is 8. The number of ether oxygens (including phenoxy) is 1. The molecule has 38 heavy (non-hydrogen) atoms. The first-order valence-electron chi connectivity index (χ1n) is 13.2. The van der Waals surface area contributed by atoms with Crippen LogP contribution >= 0.6 is 0 Å². The van der Waals surface area contributed by atoms with Crippen LogP contribution in [0.15, 0.2) is 78.4 Å². The minimum Gasteiger partial charge on any atom is -0.507 e. The van der Waals surface area contributed by atoms with Gasteiger partial charge in [0.05, 0.1) is 11.6 Å². The maximum Gasteiger partial charge on any atom is 0.295 e. The molecule has 0 bridgehead atoms. The van der Waals surface area contributed by atoms with Crippen molar-refractivity contribution in [3.05, 3.63) is 106 Å². The second-order valence-electron chi connectivity index (χ2n) is 10.3. The molecule has 1 amide bonds. The zero-order valence-corrected chi connectivity index (χ0v) is 22.0. The topological polar surface area (TPSA) is 70.1 Å². The molecule has 1 atom stereocenters. The van der Waals surface area contributed by atoms with Gasteiger partial charge in [0.15, 0.2) is 0 Å². The molecule has 0 aromatic heterocycles. The Morgan fingerprint density at radius 1 is 0.947 bits per heavy atom. The minimum atomic E-state index is -0.672. The molecule has 1 unspecified atom stereocenters. The molecule has 0 spiro atoms. The van der Waals surface area contributed by atoms with Crippen molar-refractivity contribution in [3.63, 3.8) is 0 Å². The molecular formula is C32H34N2O4. The van der Waals surface area contributed by atoms with E-state index >= 15 is 0 Å². The normalized spacial score (nSPS) is 18.6. The van der Waals surface area contributed by atoms with Gasteiger partial charge < -0.3 is 19.6 Å². The molecule has 3 aromatic rings. The SMILES string of the molecule is CN(C)CCN1C(=O)C(=O)/C(=C(\O)c2ccc3c(c2)CCCC3)C1c1ccc(OCc2ccccc2)cc1. The summed E-state index contributed by atoms with van der Waals surface area (Å²) < 4.78 is 5.94. The van der Waals surface area contributed by atoms with Gasteiger partial charge in [-0.15, -0.1) is 0 Å². The number of ketones is 1. The fourth-order valence-corrected chi connectivity index (χ4v) is 5.29. The summed E-state index contributed by atoms with van der Waals surface area (Å²) in [4.78, 5) is 30.1. The fraction of sp³-hybridized carbons (Fsp3) is 0.312. The second kappa shape index (κ2) is 11.2. The lowest BCUT2D eigenvalue weighted by Gasteiger charge is -2.27. The number of fused-ring (bicyclic) bond motifs is 1. The molecular weight excluding hydrogens is 476 g/mol. The summed E-state index contributed by atoms with van der Waals surface area (Å²) in [7, 11) is 3.86. The minimum absolute atomic E-state index is 0.113. The molecule has 1 aliphatic carbocycles. The van der Waals surface area contributed by atoms with Crippen molar-refractivity contribution in [2.75, 3.05) is 27.2 Å². The van der Waals surface area contributed by atoms with Crippen LogP contribution in [0.3, 0.4) is 0 Å². The monoisotopic (exact) mass is 510 g/mol. The number of aliphatic hydroxyl groups is 1. The number of carbonyl (C=O) groups excluding carboxylic acids is 2. The van der Waals surface area contributed by atoms with E-state index in [-0.39, 0.29) is 11.3 Å². The predicted molar refractivity (Wildman–Crippen MR) is 148 cm³/mol. The number of Topliss-reactive ketones (excluding diaryl/α,β-unsaturated/α-hetero) is 1. The van der Waals surface area contributed by atoms with Crippen molar-refractivity contribution in [2.24, 2.45) is 0 Å². The summed E-state index contributed by atoms with van der Waals surface area (Å²) in [6.45, 7) is 1.41. The van der Waals surface area contributed by atoms with Gasteiger partial charge in [-0.3, -0.25) is 9.59 Å². The van der Waals surface area contributed by atoms with E-state index in [0.717, 1.165) is 30.4 Å². The summed E-state index contributed by atoms with van der Waals surface area (Å²) in [6.07, 6.45) is 4.27. The Morgan fingerprint density at radius 2 is 1.66 bits per heavy atom. The van der Waals surface area contributed by atoms with Crippen molar-refractivity contribution < 1.29 is 19.4 Å². The van der Waals surface area contributed by atoms with Crippen molar-refractivity contribution in [1.29, 1.82) is 0 Å². The first kappa shape index (κ1) is 25.7. The molecule has 5 rings (SSSR count). The van der Waals surface area contributed by atoms with Crippen LogP contribution in [-0.2, 0) is 29.0 Å². The molecule has 2 aliphatic rings. The fourth-order valence-electron chi connectivity index (χ4n) is 5.29. The van der Waals surface area contributed by atoms with Gasteiger partial charge in [-0.2, -0.15) is 0 Å². The van der Waals surface area contributed by atoms with E-state index in [1.807, 2.05) is 91.8 Å². The Balaban J connectivity index is 1.49. The van der Waals surface area contributed by atoms with E-state index in [2.05, 4.69) is 0 Å². The molecule has 6 nitrogen and oxygen atoms in total. The lowest BCUT2D eigenvalue weighted by Crippen LogP contribution is -2.35. The van der Waals surface area contributed by atoms with Crippen LogP contribution in [0.1, 0.15) is 46.7 Å². The van der Waals surface area contributed by atoms with Crippen molar-refractivity contribution in [3.8, 4) is 5.75 Å². The van der Waals surface area contributed by atoms with E-state index in [1.54, 1.807) is 4.90 Å². The molecule has 1 heterocycles. The third-order valence-electron chi connectivity index (χ3n) is 7.39. The lowest BCUT2D eigenvalue weighted by atomic mass is 9.88. The van der Waals surface area contributed by atoms with Crippen LogP contribution in [0.4, 0.5) is 0 Å². The van der Waals surface area contributed by atoms with Crippen LogP contribution < -0.4 is 4.74 Å². The molecule has 1 N–H and O–H groups in total. The number of carbonyl (C=O) groups is 2. The number of aryl methyl sites for hydroxylation is 2. The average Bonchev–Trinajstić information content (AvgIpc) is 3.20. The number of benzene rings is 3. The van der Waals surface area contributed by atoms with Gasteiger partial charge in [-0.05, 0) is 80.2 Å². The van der Waals surface area contributed by atoms with Gasteiger partial charge in [0, 0.05) is 18.7 Å². The molecule has 196 valence electrons. The average molecular weight is 511 g/mol. The van der Waals surface area contributed by atoms with E-state index in [1.165, 1.54) is 17.5 Å². The first-order chi connectivity index (χ1) is 18.4. The first-order valence-corrected chi connectivity index (χ1v) is 13.2. The Bertz CT molecular complexity index is 1350. The maximum atomic E-state index is 13.3. The molecule has 1 aliphatic heterocycles. The molecule has 0 saturated carbocycles. The van der Waals surface area contributed by atoms with E-state index in [9.17, 15) is 14.7 Å². The molecule has 6 heteroatoms. The zero-order chi connectivity index (χ0) is 26.6. The maximum absolute atomic E-state index is 13.3. The van der Waals surface area contributed by atoms with Crippen molar-refractivity contribution >= 4 is 17.4 Å². The number of hydrogen-bond donors (Lipinski definition) is 1. The third kappa shape index (κ3) is 5.36. The number of aliphatic hydroxyl groups excluding tert-OH is 1. The molecule has 0 radical (unpaired) electrons. The second-order valence-corrected chi connectivity index (χ2v) is 10.3. The predicted octanol–water partition coefficient (Wildman–Crippen LogP) is 5.13. The number of likely N-dealkylation sites (N-methyl/N-ethyl adjacent to an activating group) is 1. The van der Waals surface area contributed by atoms with Crippen LogP contribution in [0.5, 0.6) is 5.75 Å². The van der Waals surface area contributed by atoms with Crippen molar-refractivity contribution in [2.45, 2.75) is 38.3 Å². The van der Waals surface area contributed by atoms with Crippen molar-refractivity contribution in [1.82, 2.24) is 9.80 Å². The standard InChI is InChI=1S/C32H34N2O4/c1-33(2)18-19-34-29(24-14-16-27(17-15-24)38-21-22-8-4-3-5-9-22)28(31(36)32(34)37)30(35)26-13-12-23-10-6-7-11-25(23)20-26/h3-5,8-9,12-17,20,29,35H,6-7,10-11,18-19,21H2,1-2H3/b30-28-. The van der Waals surface area contributed by atoms with Gasteiger partial charge in [-0.1, -0.05) is 54.6 Å². The third-order valence-corrected chi connectivity index (χ3v) is 7.39. The van der Waals surface area contributed by atoms with Gasteiger partial charge >= 0.3 is 0 Å². The Labute approximate surface area is 224 Å². The van der Waals surface area contributed by atoms with Crippen LogP contribution in [-0.4, -0.2) is 53.8 Å². The summed E-state index contributed by atoms with van der Waals surface area (Å²) in [6, 6.07) is 22.6. The summed E-state index contributed by atoms with van der Waals surface area (Å²) in [5, 5.41) is 11.4. The smallest absolute Gasteiger partial charge is 0.295 e. The Hall–Kier alpha value is -3.90. The van der Waals surface area contributed by atoms with Gasteiger partial charge in [0.25, 0.3) is 11.7 Å². The van der Waals surface area contributed by atoms with Gasteiger partial charge in [0.1, 0.15) is 18.1 Å². The van der Waals surface area contributed by atoms with Crippen LogP contribution in [0, 0.1) is 0 Å². The molecule has 3 aromatic carbocycles. The molecule has 1 saturated heterocycles. The highest BCUT2D eigenvalue weighted by molar-refractivity contribution is 6.46. The number of nitrogens with zero attached hydrogens (tertiary/aromatic N) is 2. The summed E-state index contributed by atoms with van der Waals surface area (Å²) in [5.41, 5.74) is 5.06. The summed E-state index contributed by atoms with van der Waals surface area (Å²) in [5.74, 6) is -0.648. The molecule has 1 fully saturated rings. The van der Waals surface area contributed by atoms with Gasteiger partial charge in [0.2, 0.25) is 0 Å². The lowest BCUT2D eigenvalue weighted by molar-refractivity contribution is -0.140. The number of amides is 1. The highest BCUT2D eigenvalue weighted by atomic mass is 16.5. The van der Waals surface area contributed by atoms with E-state index in [0.29, 0.717) is 31.0 Å². The number of hydrogen-bond acceptors (Lipinski definition) is 5. The Morgan fingerprint density at radius 3 is 2.37 bits per heavy atom. The Kier molecular flexibility index (Phi) is 7.61. The van der Waals surface area contributed by atoms with E-state index in [4.69, 9.17) is 4.74 Å². The highest BCUT2D eigenvalue weighted by Crippen LogP contribution is 2.40. The largest absolute Gasteiger partial charge is 0.507 e. The van der Waals surface area contributed by atoms with Crippen LogP contribution in [0.2, 0.25) is 0 Å². The number of likely N-dealkylation sites (tertiary alicyclic amines) is 1. The van der Waals surface area contributed by atoms with Gasteiger partial charge in [-0.25, -0.2) is 0 Å². The quantitative estimate of drug-likeness (QED) is 0.259. The highest BCUT2D eigenvalue weighted by Gasteiger charge is 2.46.